The number of carbonyl (C=O) groups excluding carboxylic acids is 1. The van der Waals surface area contributed by atoms with Crippen LogP contribution in [0.5, 0.6) is 0 Å². The van der Waals surface area contributed by atoms with Crippen molar-refractivity contribution in [3.63, 3.8) is 0 Å². The minimum Gasteiger partial charge on any atom is -0.444 e. The van der Waals surface area contributed by atoms with Crippen LogP contribution in [0.1, 0.15) is 32.9 Å². The molecule has 0 bridgehead atoms. The molecule has 6 heteroatoms. The number of alkyl carbamates (subject to hydrolysis) is 1. The highest BCUT2D eigenvalue weighted by molar-refractivity contribution is 5.69. The third-order valence-corrected chi connectivity index (χ3v) is 3.21. The first-order chi connectivity index (χ1) is 8.82. The minimum atomic E-state index is -0.496. The van der Waals surface area contributed by atoms with Gasteiger partial charge in [0, 0.05) is 19.8 Å². The van der Waals surface area contributed by atoms with Crippen LogP contribution in [0.25, 0.3) is 0 Å². The van der Waals surface area contributed by atoms with E-state index in [1.807, 2.05) is 33.9 Å². The molecule has 1 unspecified atom stereocenters. The van der Waals surface area contributed by atoms with E-state index in [0.29, 0.717) is 6.54 Å². The van der Waals surface area contributed by atoms with E-state index < -0.39 is 17.2 Å². The molecule has 1 saturated heterocycles. The first-order valence-electron chi connectivity index (χ1n) is 6.53. The molecular weight excluding hydrogens is 244 g/mol. The highest BCUT2D eigenvalue weighted by Gasteiger charge is 2.40. The van der Waals surface area contributed by atoms with Crippen molar-refractivity contribution in [3.05, 3.63) is 18.0 Å². The summed E-state index contributed by atoms with van der Waals surface area (Å²) in [7, 11) is 1.88. The molecule has 0 radical (unpaired) electrons. The number of nitrogens with one attached hydrogen (secondary N) is 2. The smallest absolute Gasteiger partial charge is 0.408 e. The van der Waals surface area contributed by atoms with Crippen LogP contribution in [-0.2, 0) is 17.3 Å². The Morgan fingerprint density at radius 1 is 1.58 bits per heavy atom. The number of aryl methyl sites for hydroxylation is 1. The maximum atomic E-state index is 12.0. The largest absolute Gasteiger partial charge is 0.444 e. The van der Waals surface area contributed by atoms with Gasteiger partial charge in [0.2, 0.25) is 0 Å². The van der Waals surface area contributed by atoms with Crippen LogP contribution in [0.2, 0.25) is 0 Å². The standard InChI is InChI=1S/C13H22N4O2/c1-12(2,3)19-11(18)16-13(6-8-14-9-13)10-5-7-15-17(10)4/h5,7,14H,6,8-9H2,1-4H3,(H,16,18). The van der Waals surface area contributed by atoms with Gasteiger partial charge in [-0.3, -0.25) is 4.68 Å². The predicted molar refractivity (Wildman–Crippen MR) is 71.7 cm³/mol. The van der Waals surface area contributed by atoms with Crippen LogP contribution < -0.4 is 10.6 Å². The van der Waals surface area contributed by atoms with Gasteiger partial charge in [0.05, 0.1) is 11.2 Å². The summed E-state index contributed by atoms with van der Waals surface area (Å²) in [5, 5.41) is 10.5. The van der Waals surface area contributed by atoms with Crippen molar-refractivity contribution in [2.45, 2.75) is 38.3 Å². The van der Waals surface area contributed by atoms with E-state index in [2.05, 4.69) is 15.7 Å². The maximum absolute atomic E-state index is 12.0. The molecule has 0 aliphatic carbocycles. The summed E-state index contributed by atoms with van der Waals surface area (Å²) in [4.78, 5) is 12.0. The molecule has 1 aliphatic rings. The van der Waals surface area contributed by atoms with Gasteiger partial charge in [-0.1, -0.05) is 0 Å². The van der Waals surface area contributed by atoms with E-state index in [1.54, 1.807) is 10.9 Å². The number of rotatable bonds is 2. The number of nitrogens with zero attached hydrogens (tertiary/aromatic N) is 2. The average Bonchev–Trinajstić information content (AvgIpc) is 2.84. The van der Waals surface area contributed by atoms with Gasteiger partial charge in [0.1, 0.15) is 5.60 Å². The van der Waals surface area contributed by atoms with Crippen molar-refractivity contribution in [2.75, 3.05) is 13.1 Å². The van der Waals surface area contributed by atoms with E-state index in [1.165, 1.54) is 0 Å². The summed E-state index contributed by atoms with van der Waals surface area (Å²) >= 11 is 0. The van der Waals surface area contributed by atoms with E-state index in [0.717, 1.165) is 18.7 Å². The summed E-state index contributed by atoms with van der Waals surface area (Å²) < 4.78 is 7.15. The van der Waals surface area contributed by atoms with E-state index in [9.17, 15) is 4.79 Å². The van der Waals surface area contributed by atoms with Crippen LogP contribution in [0.3, 0.4) is 0 Å². The summed E-state index contributed by atoms with van der Waals surface area (Å²) in [6.45, 7) is 7.12. The first-order valence-corrected chi connectivity index (χ1v) is 6.53. The SMILES string of the molecule is Cn1nccc1C1(NC(=O)OC(C)(C)C)CCNC1. The molecule has 19 heavy (non-hydrogen) atoms. The molecule has 1 aromatic rings. The van der Waals surface area contributed by atoms with Gasteiger partial charge in [-0.15, -0.1) is 0 Å². The van der Waals surface area contributed by atoms with Crippen LogP contribution >= 0.6 is 0 Å². The number of amides is 1. The van der Waals surface area contributed by atoms with Crippen molar-refractivity contribution in [1.82, 2.24) is 20.4 Å². The maximum Gasteiger partial charge on any atom is 0.408 e. The Morgan fingerprint density at radius 3 is 2.79 bits per heavy atom. The fourth-order valence-electron chi connectivity index (χ4n) is 2.42. The summed E-state index contributed by atoms with van der Waals surface area (Å²) in [5.74, 6) is 0. The number of hydrogen-bond acceptors (Lipinski definition) is 4. The zero-order valence-electron chi connectivity index (χ0n) is 12.0. The molecule has 2 rings (SSSR count). The van der Waals surface area contributed by atoms with Crippen LogP contribution in [-0.4, -0.2) is 34.6 Å². The molecule has 1 amide bonds. The van der Waals surface area contributed by atoms with Gasteiger partial charge in [-0.05, 0) is 39.8 Å². The van der Waals surface area contributed by atoms with Crippen molar-refractivity contribution in [3.8, 4) is 0 Å². The van der Waals surface area contributed by atoms with E-state index in [-0.39, 0.29) is 0 Å². The molecule has 2 heterocycles. The molecule has 0 aromatic carbocycles. The van der Waals surface area contributed by atoms with Gasteiger partial charge in [0.15, 0.2) is 0 Å². The second-order valence-corrected chi connectivity index (χ2v) is 5.98. The molecule has 0 saturated carbocycles. The van der Waals surface area contributed by atoms with Crippen molar-refractivity contribution >= 4 is 6.09 Å². The zero-order valence-corrected chi connectivity index (χ0v) is 12.0. The van der Waals surface area contributed by atoms with E-state index in [4.69, 9.17) is 4.74 Å². The Labute approximate surface area is 113 Å². The topological polar surface area (TPSA) is 68.2 Å². The van der Waals surface area contributed by atoms with Crippen molar-refractivity contribution < 1.29 is 9.53 Å². The molecule has 1 aliphatic heterocycles. The second kappa shape index (κ2) is 4.85. The quantitative estimate of drug-likeness (QED) is 0.842. The molecule has 1 atom stereocenters. The Morgan fingerprint density at radius 2 is 2.32 bits per heavy atom. The van der Waals surface area contributed by atoms with Gasteiger partial charge < -0.3 is 15.4 Å². The van der Waals surface area contributed by atoms with E-state index >= 15 is 0 Å². The highest BCUT2D eigenvalue weighted by Crippen LogP contribution is 2.27. The van der Waals surface area contributed by atoms with Gasteiger partial charge >= 0.3 is 6.09 Å². The van der Waals surface area contributed by atoms with Crippen LogP contribution in [0, 0.1) is 0 Å². The summed E-state index contributed by atoms with van der Waals surface area (Å²) in [5.41, 5.74) is 0.0560. The fraction of sp³-hybridized carbons (Fsp3) is 0.692. The normalized spacial score (nSPS) is 23.4. The third kappa shape index (κ3) is 3.07. The fourth-order valence-corrected chi connectivity index (χ4v) is 2.42. The van der Waals surface area contributed by atoms with Crippen molar-refractivity contribution in [1.29, 1.82) is 0 Å². The average molecular weight is 266 g/mol. The van der Waals surface area contributed by atoms with Gasteiger partial charge in [0.25, 0.3) is 0 Å². The van der Waals surface area contributed by atoms with Crippen molar-refractivity contribution in [2.24, 2.45) is 7.05 Å². The first kappa shape index (κ1) is 13.9. The lowest BCUT2D eigenvalue weighted by atomic mass is 9.94. The van der Waals surface area contributed by atoms with Crippen LogP contribution in [0.15, 0.2) is 12.3 Å². The molecule has 1 aromatic heterocycles. The minimum absolute atomic E-state index is 0.391. The lowest BCUT2D eigenvalue weighted by Gasteiger charge is -2.31. The lowest BCUT2D eigenvalue weighted by Crippen LogP contribution is -2.50. The number of carbonyl (C=O) groups is 1. The summed E-state index contributed by atoms with van der Waals surface area (Å²) in [6.07, 6.45) is 2.18. The molecular formula is C13H22N4O2. The molecule has 1 fully saturated rings. The highest BCUT2D eigenvalue weighted by atomic mass is 16.6. The predicted octanol–water partition coefficient (Wildman–Crippen LogP) is 1.13. The Bertz CT molecular complexity index is 455. The second-order valence-electron chi connectivity index (χ2n) is 5.98. The molecule has 6 nitrogen and oxygen atoms in total. The Hall–Kier alpha value is -1.56. The van der Waals surface area contributed by atoms with Gasteiger partial charge in [-0.25, -0.2) is 4.79 Å². The Kier molecular flexibility index (Phi) is 3.54. The van der Waals surface area contributed by atoms with Gasteiger partial charge in [-0.2, -0.15) is 5.10 Å². The summed E-state index contributed by atoms with van der Waals surface area (Å²) in [6, 6.07) is 1.93. The lowest BCUT2D eigenvalue weighted by molar-refractivity contribution is 0.0456. The zero-order chi connectivity index (χ0) is 14.1. The molecule has 0 spiro atoms. The molecule has 106 valence electrons. The number of hydrogen-bond donors (Lipinski definition) is 2. The number of aromatic nitrogens is 2. The number of ether oxygens (including phenoxy) is 1. The third-order valence-electron chi connectivity index (χ3n) is 3.21. The van der Waals surface area contributed by atoms with Crippen LogP contribution in [0.4, 0.5) is 4.79 Å². The Balaban J connectivity index is 2.18. The monoisotopic (exact) mass is 266 g/mol. The molecule has 2 N–H and O–H groups in total.